The molecule has 2 unspecified atom stereocenters. The Bertz CT molecular complexity index is 1140. The number of nitrogens with zero attached hydrogens (tertiary/aromatic N) is 2. The fourth-order valence-electron chi connectivity index (χ4n) is 3.91. The van der Waals surface area contributed by atoms with E-state index in [0.717, 1.165) is 27.0 Å². The van der Waals surface area contributed by atoms with Crippen LogP contribution in [0.5, 0.6) is 0 Å². The number of aromatic nitrogens is 1. The average Bonchev–Trinajstić information content (AvgIpc) is 3.14. The molecule has 1 fully saturated rings. The molecular weight excluding hydrogens is 448 g/mol. The zero-order valence-electron chi connectivity index (χ0n) is 18.9. The third kappa shape index (κ3) is 5.82. The lowest BCUT2D eigenvalue weighted by molar-refractivity contribution is -0.130. The maximum Gasteiger partial charge on any atom is 0.317 e. The van der Waals surface area contributed by atoms with Crippen molar-refractivity contribution in [2.24, 2.45) is 5.73 Å². The van der Waals surface area contributed by atoms with Crippen LogP contribution >= 0.6 is 0 Å². The molecule has 1 aromatic carbocycles. The van der Waals surface area contributed by atoms with E-state index in [1.165, 1.54) is 4.90 Å². The maximum atomic E-state index is 13.2. The number of nitrogens with one attached hydrogen (secondary N) is 3. The second-order valence-electron chi connectivity index (χ2n) is 8.47. The molecule has 2 atom stereocenters. The molecule has 0 aliphatic carbocycles. The van der Waals surface area contributed by atoms with E-state index < -0.39 is 33.9 Å². The smallest absolute Gasteiger partial charge is 0.317 e. The van der Waals surface area contributed by atoms with Crippen molar-refractivity contribution >= 4 is 38.8 Å². The largest absolute Gasteiger partial charge is 0.368 e. The third-order valence-corrected chi connectivity index (χ3v) is 6.81. The summed E-state index contributed by atoms with van der Waals surface area (Å²) < 4.78 is 25.7. The standard InChI is InChI=1S/C21H30N6O5S/c1-13(2)24-21(30)26-8-9-27(33(3,31)32)18(12-26)20(29)25-17(19(22)28)10-14-11-23-16-7-5-4-6-15(14)16/h4-7,11,13,17-18,23H,8-10,12H2,1-3H3,(H2,22,28)(H,24,30)(H,25,29). The molecule has 1 aromatic heterocycles. The Hall–Kier alpha value is -3.12. The average molecular weight is 479 g/mol. The van der Waals surface area contributed by atoms with E-state index in [9.17, 15) is 22.8 Å². The van der Waals surface area contributed by atoms with Gasteiger partial charge in [0.15, 0.2) is 0 Å². The van der Waals surface area contributed by atoms with Gasteiger partial charge in [-0.3, -0.25) is 9.59 Å². The number of sulfonamides is 1. The Kier molecular flexibility index (Phi) is 7.28. The number of carbonyl (C=O) groups is 3. The quantitative estimate of drug-likeness (QED) is 0.431. The van der Waals surface area contributed by atoms with Crippen LogP contribution in [-0.4, -0.2) is 84.5 Å². The minimum Gasteiger partial charge on any atom is -0.368 e. The lowest BCUT2D eigenvalue weighted by Gasteiger charge is -2.39. The first-order valence-electron chi connectivity index (χ1n) is 10.6. The first-order chi connectivity index (χ1) is 15.5. The maximum absolute atomic E-state index is 13.2. The van der Waals surface area contributed by atoms with Crippen LogP contribution in [-0.2, 0) is 26.0 Å². The summed E-state index contributed by atoms with van der Waals surface area (Å²) in [4.78, 5) is 42.2. The Morgan fingerprint density at radius 3 is 2.52 bits per heavy atom. The van der Waals surface area contributed by atoms with Gasteiger partial charge in [-0.2, -0.15) is 4.31 Å². The van der Waals surface area contributed by atoms with E-state index in [4.69, 9.17) is 5.73 Å². The highest BCUT2D eigenvalue weighted by atomic mass is 32.2. The molecular formula is C21H30N6O5S. The Labute approximate surface area is 192 Å². The number of urea groups is 1. The zero-order valence-corrected chi connectivity index (χ0v) is 19.7. The Balaban J connectivity index is 1.80. The van der Waals surface area contributed by atoms with Crippen molar-refractivity contribution in [2.45, 2.75) is 38.4 Å². The molecule has 0 radical (unpaired) electrons. The number of rotatable bonds is 7. The molecule has 3 rings (SSSR count). The number of aromatic amines is 1. The molecule has 1 saturated heterocycles. The summed E-state index contributed by atoms with van der Waals surface area (Å²) in [5.41, 5.74) is 7.22. The molecule has 0 spiro atoms. The number of fused-ring (bicyclic) bond motifs is 1. The predicted molar refractivity (Wildman–Crippen MR) is 124 cm³/mol. The highest BCUT2D eigenvalue weighted by Gasteiger charge is 2.40. The molecule has 12 heteroatoms. The number of H-pyrrole nitrogens is 1. The van der Waals surface area contributed by atoms with E-state index in [2.05, 4.69) is 15.6 Å². The highest BCUT2D eigenvalue weighted by Crippen LogP contribution is 2.20. The first kappa shape index (κ1) is 24.5. The van der Waals surface area contributed by atoms with Gasteiger partial charge in [0.05, 0.1) is 6.26 Å². The minimum absolute atomic E-state index is 0.0356. The number of amides is 4. The van der Waals surface area contributed by atoms with Crippen molar-refractivity contribution in [3.05, 3.63) is 36.0 Å². The van der Waals surface area contributed by atoms with E-state index in [-0.39, 0.29) is 38.1 Å². The molecule has 1 aliphatic heterocycles. The predicted octanol–water partition coefficient (Wildman–Crippen LogP) is -0.256. The number of benzene rings is 1. The summed E-state index contributed by atoms with van der Waals surface area (Å²) in [7, 11) is -3.73. The van der Waals surface area contributed by atoms with Gasteiger partial charge in [0.2, 0.25) is 21.8 Å². The molecule has 180 valence electrons. The third-order valence-electron chi connectivity index (χ3n) is 5.52. The first-order valence-corrected chi connectivity index (χ1v) is 12.5. The van der Waals surface area contributed by atoms with Crippen molar-refractivity contribution in [3.8, 4) is 0 Å². The van der Waals surface area contributed by atoms with Crippen molar-refractivity contribution in [1.29, 1.82) is 0 Å². The summed E-state index contributed by atoms with van der Waals surface area (Å²) in [5, 5.41) is 6.23. The number of nitrogens with two attached hydrogens (primary N) is 1. The van der Waals surface area contributed by atoms with Crippen molar-refractivity contribution < 1.29 is 22.8 Å². The van der Waals surface area contributed by atoms with E-state index >= 15 is 0 Å². The van der Waals surface area contributed by atoms with Gasteiger partial charge in [-0.15, -0.1) is 0 Å². The summed E-state index contributed by atoms with van der Waals surface area (Å²) in [6, 6.07) is 4.77. The van der Waals surface area contributed by atoms with Gasteiger partial charge in [-0.1, -0.05) is 18.2 Å². The molecule has 4 amide bonds. The van der Waals surface area contributed by atoms with Crippen molar-refractivity contribution in [1.82, 2.24) is 24.8 Å². The topological polar surface area (TPSA) is 158 Å². The number of carbonyl (C=O) groups excluding carboxylic acids is 3. The lowest BCUT2D eigenvalue weighted by Crippen LogP contribution is -2.64. The number of primary amides is 1. The van der Waals surface area contributed by atoms with Crippen LogP contribution in [0.2, 0.25) is 0 Å². The Morgan fingerprint density at radius 2 is 1.88 bits per heavy atom. The number of hydrogen-bond donors (Lipinski definition) is 4. The number of piperazine rings is 1. The minimum atomic E-state index is -3.73. The summed E-state index contributed by atoms with van der Waals surface area (Å²) in [5.74, 6) is -1.43. The molecule has 5 N–H and O–H groups in total. The lowest BCUT2D eigenvalue weighted by atomic mass is 10.0. The Morgan fingerprint density at radius 1 is 1.18 bits per heavy atom. The highest BCUT2D eigenvalue weighted by molar-refractivity contribution is 7.88. The van der Waals surface area contributed by atoms with Gasteiger partial charge in [0.1, 0.15) is 12.1 Å². The van der Waals surface area contributed by atoms with E-state index in [1.54, 1.807) is 20.0 Å². The van der Waals surface area contributed by atoms with Crippen LogP contribution in [0.4, 0.5) is 4.79 Å². The molecule has 1 aliphatic rings. The van der Waals surface area contributed by atoms with Gasteiger partial charge in [0, 0.05) is 49.2 Å². The van der Waals surface area contributed by atoms with E-state index in [1.807, 2.05) is 24.3 Å². The monoisotopic (exact) mass is 478 g/mol. The van der Waals surface area contributed by atoms with Crippen LogP contribution < -0.4 is 16.4 Å². The SMILES string of the molecule is CC(C)NC(=O)N1CCN(S(C)(=O)=O)C(C(=O)NC(Cc2c[nH]c3ccccc23)C(N)=O)C1. The zero-order chi connectivity index (χ0) is 24.3. The summed E-state index contributed by atoms with van der Waals surface area (Å²) >= 11 is 0. The fraction of sp³-hybridized carbons (Fsp3) is 0.476. The molecule has 0 bridgehead atoms. The number of hydrogen-bond acceptors (Lipinski definition) is 5. The molecule has 11 nitrogen and oxygen atoms in total. The van der Waals surface area contributed by atoms with Gasteiger partial charge in [0.25, 0.3) is 0 Å². The second-order valence-corrected chi connectivity index (χ2v) is 10.4. The normalized spacial score (nSPS) is 18.3. The summed E-state index contributed by atoms with van der Waals surface area (Å²) in [6.45, 7) is 3.57. The van der Waals surface area contributed by atoms with Crippen LogP contribution in [0.25, 0.3) is 10.9 Å². The molecule has 33 heavy (non-hydrogen) atoms. The van der Waals surface area contributed by atoms with Gasteiger partial charge >= 0.3 is 6.03 Å². The van der Waals surface area contributed by atoms with Crippen LogP contribution in [0.3, 0.4) is 0 Å². The molecule has 0 saturated carbocycles. The second kappa shape index (κ2) is 9.79. The van der Waals surface area contributed by atoms with Gasteiger partial charge in [-0.05, 0) is 25.5 Å². The van der Waals surface area contributed by atoms with Gasteiger partial charge < -0.3 is 26.3 Å². The van der Waals surface area contributed by atoms with Gasteiger partial charge in [-0.25, -0.2) is 13.2 Å². The van der Waals surface area contributed by atoms with Crippen LogP contribution in [0.1, 0.15) is 19.4 Å². The van der Waals surface area contributed by atoms with Crippen LogP contribution in [0, 0.1) is 0 Å². The summed E-state index contributed by atoms with van der Waals surface area (Å²) in [6.07, 6.45) is 2.89. The molecule has 2 heterocycles. The van der Waals surface area contributed by atoms with E-state index in [0.29, 0.717) is 0 Å². The number of para-hydroxylation sites is 1. The molecule has 2 aromatic rings. The fourth-order valence-corrected chi connectivity index (χ4v) is 4.95. The van der Waals surface area contributed by atoms with Crippen molar-refractivity contribution in [3.63, 3.8) is 0 Å². The van der Waals surface area contributed by atoms with Crippen LogP contribution in [0.15, 0.2) is 30.5 Å². The van der Waals surface area contributed by atoms with Crippen molar-refractivity contribution in [2.75, 3.05) is 25.9 Å².